The summed E-state index contributed by atoms with van der Waals surface area (Å²) in [5.74, 6) is 0. The van der Waals surface area contributed by atoms with Gasteiger partial charge in [0.2, 0.25) is 0 Å². The summed E-state index contributed by atoms with van der Waals surface area (Å²) in [4.78, 5) is 0. The first-order valence-electron chi connectivity index (χ1n) is 18.3. The summed E-state index contributed by atoms with van der Waals surface area (Å²) in [6.07, 6.45) is 0. The van der Waals surface area contributed by atoms with E-state index in [1.54, 1.807) is 0 Å². The second-order valence-electron chi connectivity index (χ2n) is 14.9. The summed E-state index contributed by atoms with van der Waals surface area (Å²) in [7, 11) is 0. The Hall–Kier alpha value is -6.24. The van der Waals surface area contributed by atoms with Crippen molar-refractivity contribution in [3.8, 4) is 55.6 Å². The number of rotatable bonds is 5. The third-order valence-electron chi connectivity index (χ3n) is 10.6. The molecule has 0 amide bonds. The topological polar surface area (TPSA) is 0 Å². The van der Waals surface area contributed by atoms with Crippen LogP contribution in [0.5, 0.6) is 0 Å². The van der Waals surface area contributed by atoms with Crippen LogP contribution in [0, 0.1) is 0 Å². The molecule has 248 valence electrons. The summed E-state index contributed by atoms with van der Waals surface area (Å²) in [6, 6.07) is 69.3. The predicted octanol–water partition coefficient (Wildman–Crippen LogP) is 14.8. The van der Waals surface area contributed by atoms with Gasteiger partial charge in [-0.2, -0.15) is 0 Å². The molecule has 0 aliphatic rings. The van der Waals surface area contributed by atoms with Crippen LogP contribution in [0.2, 0.25) is 0 Å². The molecule has 0 heterocycles. The van der Waals surface area contributed by atoms with Crippen LogP contribution in [0.15, 0.2) is 188 Å². The second kappa shape index (κ2) is 12.8. The third-order valence-corrected chi connectivity index (χ3v) is 10.6. The van der Waals surface area contributed by atoms with Gasteiger partial charge in [0.25, 0.3) is 0 Å². The van der Waals surface area contributed by atoms with E-state index in [-0.39, 0.29) is 5.41 Å². The molecule has 0 saturated heterocycles. The molecule has 9 aromatic rings. The van der Waals surface area contributed by atoms with Gasteiger partial charge in [-0.15, -0.1) is 0 Å². The molecule has 0 saturated carbocycles. The molecule has 0 atom stereocenters. The summed E-state index contributed by atoms with van der Waals surface area (Å²) >= 11 is 0. The van der Waals surface area contributed by atoms with E-state index in [9.17, 15) is 0 Å². The van der Waals surface area contributed by atoms with Gasteiger partial charge >= 0.3 is 0 Å². The number of fused-ring (bicyclic) bond motifs is 3. The zero-order valence-electron chi connectivity index (χ0n) is 29.9. The minimum Gasteiger partial charge on any atom is -0.0622 e. The molecule has 0 aliphatic carbocycles. The molecule has 0 spiro atoms. The van der Waals surface area contributed by atoms with Crippen LogP contribution in [-0.4, -0.2) is 0 Å². The van der Waals surface area contributed by atoms with Crippen LogP contribution < -0.4 is 0 Å². The highest BCUT2D eigenvalue weighted by Gasteiger charge is 2.21. The predicted molar refractivity (Wildman–Crippen MR) is 225 cm³/mol. The van der Waals surface area contributed by atoms with Crippen LogP contribution in [0.4, 0.5) is 0 Å². The van der Waals surface area contributed by atoms with Gasteiger partial charge in [0.1, 0.15) is 0 Å². The molecule has 0 aliphatic heterocycles. The van der Waals surface area contributed by atoms with E-state index in [0.717, 1.165) is 0 Å². The Morgan fingerprint density at radius 3 is 1.48 bits per heavy atom. The first kappa shape index (κ1) is 31.7. The van der Waals surface area contributed by atoms with E-state index in [0.29, 0.717) is 0 Å². The molecule has 0 radical (unpaired) electrons. The van der Waals surface area contributed by atoms with Crippen molar-refractivity contribution in [3.63, 3.8) is 0 Å². The molecule has 0 aromatic heterocycles. The van der Waals surface area contributed by atoms with Crippen molar-refractivity contribution in [1.82, 2.24) is 0 Å². The third kappa shape index (κ3) is 5.58. The highest BCUT2D eigenvalue weighted by Crippen LogP contribution is 2.46. The van der Waals surface area contributed by atoms with Gasteiger partial charge in [0, 0.05) is 0 Å². The number of hydrogen-bond donors (Lipinski definition) is 0. The van der Waals surface area contributed by atoms with Gasteiger partial charge < -0.3 is 0 Å². The monoisotopic (exact) mass is 664 g/mol. The molecule has 0 fully saturated rings. The maximum absolute atomic E-state index is 2.45. The lowest BCUT2D eigenvalue weighted by Crippen LogP contribution is -2.10. The second-order valence-corrected chi connectivity index (χ2v) is 14.9. The smallest absolute Gasteiger partial charge is 0.00260 e. The van der Waals surface area contributed by atoms with Crippen LogP contribution in [0.1, 0.15) is 26.3 Å². The Kier molecular flexibility index (Phi) is 7.82. The zero-order valence-corrected chi connectivity index (χ0v) is 29.9. The minimum atomic E-state index is 0.0142. The normalized spacial score (nSPS) is 11.8. The van der Waals surface area contributed by atoms with Gasteiger partial charge in [0.05, 0.1) is 0 Å². The lowest BCUT2D eigenvalue weighted by molar-refractivity contribution is 0.591. The van der Waals surface area contributed by atoms with Gasteiger partial charge in [-0.3, -0.25) is 0 Å². The van der Waals surface area contributed by atoms with Gasteiger partial charge in [-0.25, -0.2) is 0 Å². The summed E-state index contributed by atoms with van der Waals surface area (Å²) < 4.78 is 0. The Labute approximate surface area is 306 Å². The summed E-state index contributed by atoms with van der Waals surface area (Å²) in [5, 5.41) is 7.62. The molecule has 9 aromatic carbocycles. The van der Waals surface area contributed by atoms with Gasteiger partial charge in [-0.05, 0) is 117 Å². The lowest BCUT2D eigenvalue weighted by Gasteiger charge is -2.23. The maximum Gasteiger partial charge on any atom is -0.00260 e. The van der Waals surface area contributed by atoms with E-state index < -0.39 is 0 Å². The molecule has 0 nitrogen and oxygen atoms in total. The van der Waals surface area contributed by atoms with Gasteiger partial charge in [-0.1, -0.05) is 191 Å². The molecule has 0 bridgehead atoms. The van der Waals surface area contributed by atoms with Crippen molar-refractivity contribution in [2.24, 2.45) is 0 Å². The average molecular weight is 665 g/mol. The number of hydrogen-bond acceptors (Lipinski definition) is 0. The fourth-order valence-corrected chi connectivity index (χ4v) is 8.01. The standard InChI is InChI=1S/C52H40/c1-52(2,3)41-30-31-48-49(34-41)51(40-29-28-35-16-7-8-19-37(35)32-40)47-27-14-13-26-46(47)50(48)39-21-15-20-38(33-39)43-23-10-12-25-45(43)44-24-11-9-22-42(44)36-17-5-4-6-18-36/h4-34H,1-3H3. The Bertz CT molecular complexity index is 2760. The zero-order chi connectivity index (χ0) is 35.2. The lowest BCUT2D eigenvalue weighted by atomic mass is 9.81. The Morgan fingerprint density at radius 2 is 0.788 bits per heavy atom. The van der Waals surface area contributed by atoms with Crippen molar-refractivity contribution in [1.29, 1.82) is 0 Å². The minimum absolute atomic E-state index is 0.0142. The Balaban J connectivity index is 1.29. The van der Waals surface area contributed by atoms with E-state index in [1.807, 2.05) is 0 Å². The van der Waals surface area contributed by atoms with Crippen molar-refractivity contribution >= 4 is 32.3 Å². The fraction of sp³-hybridized carbons (Fsp3) is 0.0769. The van der Waals surface area contributed by atoms with Crippen LogP contribution in [0.25, 0.3) is 88.0 Å². The largest absolute Gasteiger partial charge is 0.0622 e. The molecule has 9 rings (SSSR count). The van der Waals surface area contributed by atoms with Crippen molar-refractivity contribution in [2.75, 3.05) is 0 Å². The van der Waals surface area contributed by atoms with E-state index in [4.69, 9.17) is 0 Å². The van der Waals surface area contributed by atoms with E-state index in [1.165, 1.54) is 93.5 Å². The van der Waals surface area contributed by atoms with E-state index in [2.05, 4.69) is 209 Å². The van der Waals surface area contributed by atoms with Crippen molar-refractivity contribution in [2.45, 2.75) is 26.2 Å². The quantitative estimate of drug-likeness (QED) is 0.161. The van der Waals surface area contributed by atoms with Crippen LogP contribution >= 0.6 is 0 Å². The van der Waals surface area contributed by atoms with Gasteiger partial charge in [0.15, 0.2) is 0 Å². The SMILES string of the molecule is CC(C)(C)c1ccc2c(-c3cccc(-c4ccccc4-c4ccccc4-c4ccccc4)c3)c3ccccc3c(-c3ccc4ccccc4c3)c2c1. The molecular weight excluding hydrogens is 625 g/mol. The Morgan fingerprint density at radius 1 is 0.288 bits per heavy atom. The maximum atomic E-state index is 2.45. The highest BCUT2D eigenvalue weighted by atomic mass is 14.2. The molecule has 52 heavy (non-hydrogen) atoms. The van der Waals surface area contributed by atoms with Crippen molar-refractivity contribution in [3.05, 3.63) is 194 Å². The molecule has 0 unspecified atom stereocenters. The molecular formula is C52H40. The molecule has 0 N–H and O–H groups in total. The summed E-state index contributed by atoms with van der Waals surface area (Å²) in [5.41, 5.74) is 13.8. The number of benzene rings is 9. The van der Waals surface area contributed by atoms with Crippen LogP contribution in [0.3, 0.4) is 0 Å². The summed E-state index contributed by atoms with van der Waals surface area (Å²) in [6.45, 7) is 6.92. The van der Waals surface area contributed by atoms with Crippen molar-refractivity contribution < 1.29 is 0 Å². The van der Waals surface area contributed by atoms with Crippen LogP contribution in [-0.2, 0) is 5.41 Å². The highest BCUT2D eigenvalue weighted by molar-refractivity contribution is 6.22. The molecule has 0 heteroatoms. The first-order valence-corrected chi connectivity index (χ1v) is 18.3. The fourth-order valence-electron chi connectivity index (χ4n) is 8.01. The first-order chi connectivity index (χ1) is 25.4. The van der Waals surface area contributed by atoms with E-state index >= 15 is 0 Å². The average Bonchev–Trinajstić information content (AvgIpc) is 3.19.